The number of hydrogen-bond donors (Lipinski definition) is 2. The number of nitrogens with one attached hydrogen (secondary N) is 1. The highest BCUT2D eigenvalue weighted by Gasteiger charge is 2.38. The van der Waals surface area contributed by atoms with Crippen LogP contribution in [-0.4, -0.2) is 104 Å². The van der Waals surface area contributed by atoms with Crippen molar-refractivity contribution in [1.29, 1.82) is 0 Å². The maximum absolute atomic E-state index is 13.6. The highest BCUT2D eigenvalue weighted by Crippen LogP contribution is 2.25. The number of aliphatic carboxylic acids is 1. The molecule has 2 N–H and O–H groups in total. The zero-order valence-corrected chi connectivity index (χ0v) is 22.4. The Hall–Kier alpha value is -2.22. The fraction of sp³-hybridized carbons (Fsp3) is 0.667. The van der Waals surface area contributed by atoms with E-state index in [4.69, 9.17) is 9.90 Å². The van der Waals surface area contributed by atoms with E-state index in [9.17, 15) is 26.4 Å². The monoisotopic (exact) mass is 550 g/mol. The van der Waals surface area contributed by atoms with Gasteiger partial charge in [0.2, 0.25) is 15.9 Å². The number of carbonyl (C=O) groups is 2. The van der Waals surface area contributed by atoms with E-state index < -0.39 is 22.2 Å². The van der Waals surface area contributed by atoms with Crippen LogP contribution >= 0.6 is 0 Å². The standard InChI is InChI=1S/C22H36N4O3S.C2HF3O2/c1-4-24-12-5-6-20(24)17-26(13-9-22(27)25-14-10-23-11-15-25)30(28,29)21-16-18(2)7-8-19(21)3;3-2(4,5)1(6)7/h7-8,16,20,23H,4-6,9-15,17H2,1-3H3;(H,6,7). The summed E-state index contributed by atoms with van der Waals surface area (Å²) >= 11 is 0. The maximum Gasteiger partial charge on any atom is 0.490 e. The second-order valence-corrected chi connectivity index (χ2v) is 11.1. The average molecular weight is 551 g/mol. The van der Waals surface area contributed by atoms with Crippen LogP contribution in [0.4, 0.5) is 13.2 Å². The number of carbonyl (C=O) groups excluding carboxylic acids is 1. The first-order valence-corrected chi connectivity index (χ1v) is 13.8. The lowest BCUT2D eigenvalue weighted by Gasteiger charge is -2.31. The van der Waals surface area contributed by atoms with Crippen LogP contribution < -0.4 is 5.32 Å². The minimum Gasteiger partial charge on any atom is -0.475 e. The Balaban J connectivity index is 0.000000604. The Morgan fingerprint density at radius 3 is 2.35 bits per heavy atom. The molecule has 1 unspecified atom stereocenters. The molecule has 1 aromatic rings. The van der Waals surface area contributed by atoms with Crippen LogP contribution in [0.5, 0.6) is 0 Å². The van der Waals surface area contributed by atoms with Gasteiger partial charge in [0, 0.05) is 51.7 Å². The number of nitrogens with zero attached hydrogens (tertiary/aromatic N) is 3. The number of benzene rings is 1. The van der Waals surface area contributed by atoms with E-state index in [0.717, 1.165) is 50.1 Å². The number of carboxylic acids is 1. The zero-order valence-electron chi connectivity index (χ0n) is 21.6. The second-order valence-electron chi connectivity index (χ2n) is 9.24. The van der Waals surface area contributed by atoms with Crippen LogP contribution in [0.15, 0.2) is 23.1 Å². The number of rotatable bonds is 8. The third kappa shape index (κ3) is 8.94. The molecule has 3 rings (SSSR count). The summed E-state index contributed by atoms with van der Waals surface area (Å²) in [6.07, 6.45) is -2.77. The van der Waals surface area contributed by atoms with Gasteiger partial charge in [-0.25, -0.2) is 13.2 Å². The molecule has 0 aromatic heterocycles. The largest absolute Gasteiger partial charge is 0.490 e. The predicted octanol–water partition coefficient (Wildman–Crippen LogP) is 2.23. The van der Waals surface area contributed by atoms with Gasteiger partial charge in [0.15, 0.2) is 0 Å². The molecule has 2 aliphatic rings. The molecule has 13 heteroatoms. The van der Waals surface area contributed by atoms with Gasteiger partial charge >= 0.3 is 12.1 Å². The highest BCUT2D eigenvalue weighted by molar-refractivity contribution is 7.89. The van der Waals surface area contributed by atoms with Crippen LogP contribution in [0.2, 0.25) is 0 Å². The summed E-state index contributed by atoms with van der Waals surface area (Å²) in [5.74, 6) is -2.72. The van der Waals surface area contributed by atoms with Crippen molar-refractivity contribution in [3.8, 4) is 0 Å². The summed E-state index contributed by atoms with van der Waals surface area (Å²) in [6.45, 7) is 11.4. The number of piperazine rings is 1. The third-order valence-electron chi connectivity index (χ3n) is 6.57. The molecule has 0 spiro atoms. The fourth-order valence-corrected chi connectivity index (χ4v) is 6.27. The Kier molecular flexibility index (Phi) is 11.3. The van der Waals surface area contributed by atoms with E-state index >= 15 is 0 Å². The minimum atomic E-state index is -5.08. The number of aryl methyl sites for hydroxylation is 2. The summed E-state index contributed by atoms with van der Waals surface area (Å²) in [5.41, 5.74) is 1.67. The number of likely N-dealkylation sites (tertiary alicyclic amines) is 1. The van der Waals surface area contributed by atoms with E-state index in [1.165, 1.54) is 0 Å². The maximum atomic E-state index is 13.6. The first-order chi connectivity index (χ1) is 17.3. The van der Waals surface area contributed by atoms with Gasteiger partial charge in [-0.05, 0) is 57.0 Å². The van der Waals surface area contributed by atoms with Crippen LogP contribution in [0.1, 0.15) is 37.3 Å². The molecule has 1 atom stereocenters. The molecule has 2 saturated heterocycles. The normalized spacial score (nSPS) is 19.0. The molecule has 0 bridgehead atoms. The highest BCUT2D eigenvalue weighted by atomic mass is 32.2. The number of sulfonamides is 1. The smallest absolute Gasteiger partial charge is 0.475 e. The van der Waals surface area contributed by atoms with Crippen LogP contribution in [-0.2, 0) is 19.6 Å². The molecular formula is C24H37F3N4O5S. The Morgan fingerprint density at radius 1 is 1.16 bits per heavy atom. The van der Waals surface area contributed by atoms with E-state index in [1.54, 1.807) is 10.4 Å². The SMILES string of the molecule is CCN1CCCC1CN(CCC(=O)N1CCNCC1)S(=O)(=O)c1cc(C)ccc1C.O=C(O)C(F)(F)F. The number of hydrogen-bond acceptors (Lipinski definition) is 6. The Bertz CT molecular complexity index is 1030. The zero-order chi connectivity index (χ0) is 27.8. The van der Waals surface area contributed by atoms with Crippen LogP contribution in [0, 0.1) is 13.8 Å². The van der Waals surface area contributed by atoms with Gasteiger partial charge in [-0.1, -0.05) is 19.1 Å². The molecule has 1 aromatic carbocycles. The lowest BCUT2D eigenvalue weighted by molar-refractivity contribution is -0.192. The average Bonchev–Trinajstić information content (AvgIpc) is 3.30. The van der Waals surface area contributed by atoms with Gasteiger partial charge in [0.1, 0.15) is 0 Å². The molecule has 0 saturated carbocycles. The number of likely N-dealkylation sites (N-methyl/N-ethyl adjacent to an activating group) is 1. The topological polar surface area (TPSA) is 110 Å². The summed E-state index contributed by atoms with van der Waals surface area (Å²) in [4.78, 5) is 26.2. The number of carboxylic acid groups (broad SMARTS) is 1. The molecule has 37 heavy (non-hydrogen) atoms. The number of halogens is 3. The molecule has 0 radical (unpaired) electrons. The second kappa shape index (κ2) is 13.5. The van der Waals surface area contributed by atoms with Crippen LogP contribution in [0.25, 0.3) is 0 Å². The van der Waals surface area contributed by atoms with E-state index in [-0.39, 0.29) is 24.9 Å². The van der Waals surface area contributed by atoms with Crippen molar-refractivity contribution in [2.45, 2.75) is 57.1 Å². The fourth-order valence-electron chi connectivity index (χ4n) is 4.48. The van der Waals surface area contributed by atoms with Crippen LogP contribution in [0.3, 0.4) is 0 Å². The lowest BCUT2D eigenvalue weighted by Crippen LogP contribution is -2.48. The third-order valence-corrected chi connectivity index (χ3v) is 8.58. The molecule has 2 fully saturated rings. The minimum absolute atomic E-state index is 0.0384. The molecule has 2 heterocycles. The van der Waals surface area contributed by atoms with Gasteiger partial charge < -0.3 is 15.3 Å². The van der Waals surface area contributed by atoms with Gasteiger partial charge in [-0.2, -0.15) is 17.5 Å². The summed E-state index contributed by atoms with van der Waals surface area (Å²) in [5, 5.41) is 10.4. The van der Waals surface area contributed by atoms with Gasteiger partial charge in [0.25, 0.3) is 0 Å². The van der Waals surface area contributed by atoms with Crippen molar-refractivity contribution in [2.75, 3.05) is 52.4 Å². The first kappa shape index (κ1) is 31.0. The first-order valence-electron chi connectivity index (χ1n) is 12.4. The van der Waals surface area contributed by atoms with Crippen molar-refractivity contribution < 1.29 is 36.3 Å². The molecule has 9 nitrogen and oxygen atoms in total. The van der Waals surface area contributed by atoms with Crippen molar-refractivity contribution >= 4 is 21.9 Å². The van der Waals surface area contributed by atoms with E-state index in [1.807, 2.05) is 30.9 Å². The van der Waals surface area contributed by atoms with Gasteiger partial charge in [-0.15, -0.1) is 0 Å². The molecule has 1 amide bonds. The number of amides is 1. The number of alkyl halides is 3. The van der Waals surface area contributed by atoms with E-state index in [2.05, 4.69) is 17.1 Å². The quantitative estimate of drug-likeness (QED) is 0.511. The van der Waals surface area contributed by atoms with E-state index in [0.29, 0.717) is 24.5 Å². The lowest BCUT2D eigenvalue weighted by atomic mass is 10.2. The predicted molar refractivity (Wildman–Crippen MR) is 133 cm³/mol. The van der Waals surface area contributed by atoms with Gasteiger partial charge in [-0.3, -0.25) is 9.69 Å². The molecular weight excluding hydrogens is 513 g/mol. The van der Waals surface area contributed by atoms with Crippen molar-refractivity contribution in [3.63, 3.8) is 0 Å². The summed E-state index contributed by atoms with van der Waals surface area (Å²) in [6, 6.07) is 5.76. The van der Waals surface area contributed by atoms with Crippen molar-refractivity contribution in [2.24, 2.45) is 0 Å². The summed E-state index contributed by atoms with van der Waals surface area (Å²) < 4.78 is 60.6. The Morgan fingerprint density at radius 2 is 1.78 bits per heavy atom. The molecule has 0 aliphatic carbocycles. The molecule has 2 aliphatic heterocycles. The van der Waals surface area contributed by atoms with Crippen molar-refractivity contribution in [1.82, 2.24) is 19.4 Å². The van der Waals surface area contributed by atoms with Crippen molar-refractivity contribution in [3.05, 3.63) is 29.3 Å². The molecule has 210 valence electrons. The van der Waals surface area contributed by atoms with Gasteiger partial charge in [0.05, 0.1) is 4.90 Å². The summed E-state index contributed by atoms with van der Waals surface area (Å²) in [7, 11) is -3.68. The Labute approximate surface area is 216 Å².